The van der Waals surface area contributed by atoms with Crippen molar-refractivity contribution in [2.24, 2.45) is 0 Å². The highest BCUT2D eigenvalue weighted by atomic mass is 35.5. The summed E-state index contributed by atoms with van der Waals surface area (Å²) in [5, 5.41) is 9.89. The zero-order valence-corrected chi connectivity index (χ0v) is 11.9. The van der Waals surface area contributed by atoms with E-state index in [9.17, 15) is 5.11 Å². The molecule has 2 aromatic rings. The zero-order valence-electron chi connectivity index (χ0n) is 11.1. The summed E-state index contributed by atoms with van der Waals surface area (Å²) >= 11 is 6.10. The maximum atomic E-state index is 9.47. The van der Waals surface area contributed by atoms with Crippen LogP contribution >= 0.6 is 11.6 Å². The van der Waals surface area contributed by atoms with Crippen LogP contribution in [-0.4, -0.2) is 14.7 Å². The smallest absolute Gasteiger partial charge is 0.152 e. The van der Waals surface area contributed by atoms with Crippen molar-refractivity contribution in [1.29, 1.82) is 0 Å². The van der Waals surface area contributed by atoms with Crippen molar-refractivity contribution in [3.8, 4) is 0 Å². The summed E-state index contributed by atoms with van der Waals surface area (Å²) in [4.78, 5) is 4.38. The third-order valence-corrected chi connectivity index (χ3v) is 3.49. The van der Waals surface area contributed by atoms with E-state index in [1.165, 1.54) is 5.56 Å². The first-order chi connectivity index (χ1) is 9.26. The molecule has 0 unspecified atom stereocenters. The van der Waals surface area contributed by atoms with Gasteiger partial charge in [0.2, 0.25) is 0 Å². The third kappa shape index (κ3) is 3.37. The molecule has 0 fully saturated rings. The molecule has 0 saturated carbocycles. The van der Waals surface area contributed by atoms with Crippen molar-refractivity contribution in [1.82, 2.24) is 9.55 Å². The van der Waals surface area contributed by atoms with Gasteiger partial charge in [0, 0.05) is 13.0 Å². The molecule has 0 aliphatic carbocycles. The number of aromatic nitrogens is 2. The van der Waals surface area contributed by atoms with Crippen molar-refractivity contribution < 1.29 is 5.11 Å². The number of aliphatic hydroxyl groups is 1. The summed E-state index contributed by atoms with van der Waals surface area (Å²) in [6, 6.07) is 10.2. The minimum Gasteiger partial charge on any atom is -0.390 e. The second kappa shape index (κ2) is 6.73. The van der Waals surface area contributed by atoms with Crippen molar-refractivity contribution in [2.75, 3.05) is 0 Å². The van der Waals surface area contributed by atoms with Gasteiger partial charge in [-0.2, -0.15) is 0 Å². The first-order valence-corrected chi connectivity index (χ1v) is 7.02. The zero-order chi connectivity index (χ0) is 13.7. The van der Waals surface area contributed by atoms with E-state index >= 15 is 0 Å². The highest BCUT2D eigenvalue weighted by Crippen LogP contribution is 2.20. The number of aliphatic hydroxyl groups excluding tert-OH is 1. The maximum Gasteiger partial charge on any atom is 0.152 e. The van der Waals surface area contributed by atoms with Gasteiger partial charge in [-0.1, -0.05) is 55.3 Å². The Labute approximate surface area is 118 Å². The third-order valence-electron chi connectivity index (χ3n) is 3.19. The SMILES string of the molecule is CCCCc1nc(Cl)c(CO)n1Cc1ccccc1. The van der Waals surface area contributed by atoms with Gasteiger partial charge in [0.1, 0.15) is 5.82 Å². The van der Waals surface area contributed by atoms with Crippen LogP contribution in [-0.2, 0) is 19.6 Å². The Bertz CT molecular complexity index is 522. The van der Waals surface area contributed by atoms with E-state index in [1.54, 1.807) is 0 Å². The van der Waals surface area contributed by atoms with E-state index in [-0.39, 0.29) is 6.61 Å². The van der Waals surface area contributed by atoms with E-state index in [0.717, 1.165) is 25.1 Å². The topological polar surface area (TPSA) is 38.1 Å². The molecule has 4 heteroatoms. The van der Waals surface area contributed by atoms with Crippen LogP contribution < -0.4 is 0 Å². The lowest BCUT2D eigenvalue weighted by Gasteiger charge is -2.11. The largest absolute Gasteiger partial charge is 0.390 e. The molecule has 0 aliphatic rings. The number of hydrogen-bond acceptors (Lipinski definition) is 2. The molecular formula is C15H19ClN2O. The molecule has 0 saturated heterocycles. The van der Waals surface area contributed by atoms with Crippen LogP contribution in [0.15, 0.2) is 30.3 Å². The van der Waals surface area contributed by atoms with Gasteiger partial charge in [0.25, 0.3) is 0 Å². The van der Waals surface area contributed by atoms with Crippen molar-refractivity contribution >= 4 is 11.6 Å². The fraction of sp³-hybridized carbons (Fsp3) is 0.400. The minimum absolute atomic E-state index is 0.0786. The standard InChI is InChI=1S/C15H19ClN2O/c1-2-3-9-14-17-15(16)13(11-19)18(14)10-12-7-5-4-6-8-12/h4-8,19H,2-3,9-11H2,1H3. The lowest BCUT2D eigenvalue weighted by molar-refractivity contribution is 0.271. The minimum atomic E-state index is -0.0786. The van der Waals surface area contributed by atoms with Gasteiger partial charge in [-0.25, -0.2) is 4.98 Å². The van der Waals surface area contributed by atoms with E-state index < -0.39 is 0 Å². The number of imidazole rings is 1. The molecule has 1 aromatic heterocycles. The molecule has 0 aliphatic heterocycles. The molecule has 1 aromatic carbocycles. The molecule has 1 N–H and O–H groups in total. The maximum absolute atomic E-state index is 9.47. The number of rotatable bonds is 6. The molecule has 0 amide bonds. The second-order valence-electron chi connectivity index (χ2n) is 4.60. The summed E-state index contributed by atoms with van der Waals surface area (Å²) in [5.41, 5.74) is 1.89. The van der Waals surface area contributed by atoms with E-state index in [4.69, 9.17) is 11.6 Å². The van der Waals surface area contributed by atoms with Crippen LogP contribution in [0.3, 0.4) is 0 Å². The summed E-state index contributed by atoms with van der Waals surface area (Å²) in [7, 11) is 0. The number of aryl methyl sites for hydroxylation is 1. The van der Waals surface area contributed by atoms with Gasteiger partial charge < -0.3 is 9.67 Å². The van der Waals surface area contributed by atoms with Crippen LogP contribution in [0.2, 0.25) is 5.15 Å². The lowest BCUT2D eigenvalue weighted by atomic mass is 10.2. The Balaban J connectivity index is 2.30. The van der Waals surface area contributed by atoms with E-state index in [2.05, 4.69) is 24.0 Å². The molecule has 0 bridgehead atoms. The average Bonchev–Trinajstić information content (AvgIpc) is 2.73. The predicted octanol–water partition coefficient (Wildman–Crippen LogP) is 3.42. The van der Waals surface area contributed by atoms with E-state index in [0.29, 0.717) is 17.4 Å². The van der Waals surface area contributed by atoms with Gasteiger partial charge in [-0.3, -0.25) is 0 Å². The fourth-order valence-corrected chi connectivity index (χ4v) is 2.39. The van der Waals surface area contributed by atoms with Gasteiger partial charge in [0.15, 0.2) is 5.15 Å². The van der Waals surface area contributed by atoms with E-state index in [1.807, 2.05) is 22.8 Å². The number of nitrogens with zero attached hydrogens (tertiary/aromatic N) is 2. The summed E-state index contributed by atoms with van der Waals surface area (Å²) in [5.74, 6) is 0.958. The van der Waals surface area contributed by atoms with Gasteiger partial charge >= 0.3 is 0 Å². The van der Waals surface area contributed by atoms with Crippen LogP contribution in [0.4, 0.5) is 0 Å². The Morgan fingerprint density at radius 2 is 2.00 bits per heavy atom. The summed E-state index contributed by atoms with van der Waals surface area (Å²) in [6.07, 6.45) is 3.08. The number of halogens is 1. The average molecular weight is 279 g/mol. The molecule has 19 heavy (non-hydrogen) atoms. The molecule has 0 radical (unpaired) electrons. The van der Waals surface area contributed by atoms with Crippen molar-refractivity contribution in [3.05, 3.63) is 52.6 Å². The second-order valence-corrected chi connectivity index (χ2v) is 4.96. The summed E-state index contributed by atoms with van der Waals surface area (Å²) < 4.78 is 2.04. The Kier molecular flexibility index (Phi) is 5.00. The molecule has 3 nitrogen and oxygen atoms in total. The first kappa shape index (κ1) is 14.1. The number of benzene rings is 1. The van der Waals surface area contributed by atoms with Crippen molar-refractivity contribution in [2.45, 2.75) is 39.3 Å². The first-order valence-electron chi connectivity index (χ1n) is 6.64. The fourth-order valence-electron chi connectivity index (χ4n) is 2.13. The Morgan fingerprint density at radius 1 is 1.26 bits per heavy atom. The van der Waals surface area contributed by atoms with Gasteiger partial charge in [-0.15, -0.1) is 0 Å². The lowest BCUT2D eigenvalue weighted by Crippen LogP contribution is -2.09. The van der Waals surface area contributed by atoms with Crippen LogP contribution in [0.1, 0.15) is 36.8 Å². The molecule has 102 valence electrons. The highest BCUT2D eigenvalue weighted by molar-refractivity contribution is 6.30. The molecular weight excluding hydrogens is 260 g/mol. The normalized spacial score (nSPS) is 10.9. The van der Waals surface area contributed by atoms with Gasteiger partial charge in [0.05, 0.1) is 12.3 Å². The van der Waals surface area contributed by atoms with Crippen LogP contribution in [0.25, 0.3) is 0 Å². The molecule has 0 atom stereocenters. The highest BCUT2D eigenvalue weighted by Gasteiger charge is 2.14. The Morgan fingerprint density at radius 3 is 2.63 bits per heavy atom. The van der Waals surface area contributed by atoms with Crippen LogP contribution in [0.5, 0.6) is 0 Å². The quantitative estimate of drug-likeness (QED) is 0.879. The molecule has 0 spiro atoms. The van der Waals surface area contributed by atoms with Crippen LogP contribution in [0, 0.1) is 0 Å². The number of hydrogen-bond donors (Lipinski definition) is 1. The monoisotopic (exact) mass is 278 g/mol. The Hall–Kier alpha value is -1.32. The van der Waals surface area contributed by atoms with Crippen molar-refractivity contribution in [3.63, 3.8) is 0 Å². The predicted molar refractivity (Wildman–Crippen MR) is 77.3 cm³/mol. The summed E-state index contributed by atoms with van der Waals surface area (Å²) in [6.45, 7) is 2.78. The van der Waals surface area contributed by atoms with Gasteiger partial charge in [-0.05, 0) is 12.0 Å². The molecule has 1 heterocycles. The number of unbranched alkanes of at least 4 members (excludes halogenated alkanes) is 1. The molecule has 2 rings (SSSR count).